The van der Waals surface area contributed by atoms with E-state index in [9.17, 15) is 0 Å². The molecule has 0 aromatic rings. The number of nitrogens with one attached hydrogen (secondary N) is 2. The Hall–Kier alpha value is -3.13. The molecule has 0 aliphatic heterocycles. The molecule has 1 aliphatic rings. The van der Waals surface area contributed by atoms with Crippen LogP contribution in [0.15, 0.2) is 94.3 Å². The summed E-state index contributed by atoms with van der Waals surface area (Å²) in [5.74, 6) is 3.56. The van der Waals surface area contributed by atoms with E-state index in [1.165, 1.54) is 36.8 Å². The number of terminal acetylenes is 1. The van der Waals surface area contributed by atoms with Crippen LogP contribution >= 0.6 is 0 Å². The summed E-state index contributed by atoms with van der Waals surface area (Å²) in [4.78, 5) is 6.66. The number of hydrogen-bond donors (Lipinski definition) is 2. The van der Waals surface area contributed by atoms with Crippen LogP contribution in [0.4, 0.5) is 0 Å². The number of nitrogens with zero attached hydrogens (tertiary/aromatic N) is 3. The number of hydrazine groups is 1. The Morgan fingerprint density at radius 1 is 1.00 bits per heavy atom. The number of amidine groups is 1. The molecule has 1 aliphatic carbocycles. The van der Waals surface area contributed by atoms with Crippen molar-refractivity contribution in [3.8, 4) is 12.3 Å². The van der Waals surface area contributed by atoms with Gasteiger partial charge in [-0.25, -0.2) is 5.01 Å². The van der Waals surface area contributed by atoms with E-state index in [0.717, 1.165) is 61.5 Å². The van der Waals surface area contributed by atoms with Crippen molar-refractivity contribution < 1.29 is 0 Å². The van der Waals surface area contributed by atoms with Crippen LogP contribution in [-0.4, -0.2) is 69.1 Å². The van der Waals surface area contributed by atoms with Crippen LogP contribution < -0.4 is 10.7 Å². The van der Waals surface area contributed by atoms with Crippen molar-refractivity contribution in [3.63, 3.8) is 0 Å². The second-order valence-electron chi connectivity index (χ2n) is 10.6. The Kier molecular flexibility index (Phi) is 18.9. The van der Waals surface area contributed by atoms with Crippen LogP contribution in [0, 0.1) is 12.3 Å². The number of hydrogen-bond acceptors (Lipinski definition) is 4. The maximum atomic E-state index is 5.47. The average Bonchev–Trinajstić information content (AvgIpc) is 3.52. The summed E-state index contributed by atoms with van der Waals surface area (Å²) in [7, 11) is 6.09. The smallest absolute Gasteiger partial charge is 0.110 e. The van der Waals surface area contributed by atoms with E-state index in [1.54, 1.807) is 6.08 Å². The van der Waals surface area contributed by atoms with Gasteiger partial charge in [-0.05, 0) is 74.1 Å². The first-order chi connectivity index (χ1) is 19.8. The lowest BCUT2D eigenvalue weighted by Crippen LogP contribution is -2.42. The highest BCUT2D eigenvalue weighted by Crippen LogP contribution is 2.21. The quantitative estimate of drug-likeness (QED) is 0.0479. The molecule has 5 nitrogen and oxygen atoms in total. The summed E-state index contributed by atoms with van der Waals surface area (Å²) in [6.45, 7) is 18.3. The van der Waals surface area contributed by atoms with Crippen molar-refractivity contribution in [1.29, 1.82) is 0 Å². The Balaban J connectivity index is 2.80. The molecule has 224 valence electrons. The van der Waals surface area contributed by atoms with Gasteiger partial charge in [0.2, 0.25) is 0 Å². The first kappa shape index (κ1) is 35.9. The molecular weight excluding hydrogens is 502 g/mol. The van der Waals surface area contributed by atoms with Gasteiger partial charge in [-0.2, -0.15) is 0 Å². The summed E-state index contributed by atoms with van der Waals surface area (Å²) in [6.07, 6.45) is 27.9. The SMILES string of the molecule is C#CC=C=C(/C=C(/C=C\C(=C)C(=C)/C=C(/C=C\CNC(CN(C)CCC)=NC)CC)CC)CNN(C)C1CCCC1. The first-order valence-electron chi connectivity index (χ1n) is 15.2. The fourth-order valence-corrected chi connectivity index (χ4v) is 4.61. The molecule has 0 aromatic heterocycles. The molecule has 0 radical (unpaired) electrons. The third kappa shape index (κ3) is 15.4. The number of allylic oxidation sites excluding steroid dienone is 8. The van der Waals surface area contributed by atoms with Crippen LogP contribution in [0.25, 0.3) is 0 Å². The molecule has 0 heterocycles. The van der Waals surface area contributed by atoms with Crippen LogP contribution in [0.2, 0.25) is 0 Å². The topological polar surface area (TPSA) is 42.9 Å². The monoisotopic (exact) mass is 557 g/mol. The molecule has 0 spiro atoms. The molecule has 0 bridgehead atoms. The van der Waals surface area contributed by atoms with Gasteiger partial charge < -0.3 is 5.32 Å². The predicted molar refractivity (Wildman–Crippen MR) is 181 cm³/mol. The lowest BCUT2D eigenvalue weighted by Gasteiger charge is -2.24. The van der Waals surface area contributed by atoms with Gasteiger partial charge in [0.25, 0.3) is 0 Å². The molecule has 41 heavy (non-hydrogen) atoms. The zero-order chi connectivity index (χ0) is 30.5. The average molecular weight is 558 g/mol. The highest BCUT2D eigenvalue weighted by molar-refractivity contribution is 5.84. The van der Waals surface area contributed by atoms with Crippen LogP contribution in [0.3, 0.4) is 0 Å². The van der Waals surface area contributed by atoms with Crippen LogP contribution in [0.5, 0.6) is 0 Å². The largest absolute Gasteiger partial charge is 0.369 e. The van der Waals surface area contributed by atoms with Gasteiger partial charge in [0.15, 0.2) is 0 Å². The van der Waals surface area contributed by atoms with Gasteiger partial charge in [-0.15, -0.1) is 12.2 Å². The predicted octanol–water partition coefficient (Wildman–Crippen LogP) is 6.94. The fourth-order valence-electron chi connectivity index (χ4n) is 4.61. The van der Waals surface area contributed by atoms with Crippen molar-refractivity contribution in [3.05, 3.63) is 89.3 Å². The molecule has 1 saturated carbocycles. The number of rotatable bonds is 18. The summed E-state index contributed by atoms with van der Waals surface area (Å²) < 4.78 is 0. The zero-order valence-electron chi connectivity index (χ0n) is 26.7. The zero-order valence-corrected chi connectivity index (χ0v) is 26.7. The van der Waals surface area contributed by atoms with Crippen molar-refractivity contribution in [2.45, 2.75) is 71.8 Å². The normalized spacial score (nSPS) is 15.1. The van der Waals surface area contributed by atoms with Gasteiger partial charge in [0.1, 0.15) is 5.84 Å². The van der Waals surface area contributed by atoms with E-state index in [2.05, 4.69) is 116 Å². The third-order valence-electron chi connectivity index (χ3n) is 7.23. The van der Waals surface area contributed by atoms with E-state index in [-0.39, 0.29) is 0 Å². The van der Waals surface area contributed by atoms with Gasteiger partial charge in [0, 0.05) is 44.9 Å². The highest BCUT2D eigenvalue weighted by Gasteiger charge is 2.19. The summed E-state index contributed by atoms with van der Waals surface area (Å²) >= 11 is 0. The Morgan fingerprint density at radius 2 is 1.68 bits per heavy atom. The van der Waals surface area contributed by atoms with Crippen molar-refractivity contribution in [2.24, 2.45) is 4.99 Å². The van der Waals surface area contributed by atoms with Crippen molar-refractivity contribution in [2.75, 3.05) is 47.3 Å². The molecule has 0 atom stereocenters. The minimum absolute atomic E-state index is 0.601. The standard InChI is InChI=1S/C36H55N5/c1-10-14-18-34(28-39-41(9)35-20-15-16-21-35)27-33(13-4)23-22-30(5)31(6)26-32(12-3)19-17-24-38-36(37-7)29-40(8)25-11-2/h1,14,17,19,22-23,26-27,35,39H,5-6,11-13,15-16,20-21,24-25,28-29H2,2-4,7-9H3,(H,37,38)/b19-17-,23-22-,32-26+,33-27+. The maximum Gasteiger partial charge on any atom is 0.110 e. The van der Waals surface area contributed by atoms with Crippen LogP contribution in [0.1, 0.15) is 65.7 Å². The Morgan fingerprint density at radius 3 is 2.29 bits per heavy atom. The molecule has 5 heteroatoms. The molecule has 2 N–H and O–H groups in total. The summed E-state index contributed by atoms with van der Waals surface area (Å²) in [5, 5.41) is 5.67. The summed E-state index contributed by atoms with van der Waals surface area (Å²) in [6, 6.07) is 0.601. The van der Waals surface area contributed by atoms with Crippen molar-refractivity contribution in [1.82, 2.24) is 20.7 Å². The highest BCUT2D eigenvalue weighted by atomic mass is 15.5. The van der Waals surface area contributed by atoms with Gasteiger partial charge in [0.05, 0.1) is 6.54 Å². The minimum atomic E-state index is 0.601. The lowest BCUT2D eigenvalue weighted by molar-refractivity contribution is 0.173. The number of likely N-dealkylation sites (N-methyl/N-ethyl adjacent to an activating group) is 1. The van der Waals surface area contributed by atoms with Gasteiger partial charge >= 0.3 is 0 Å². The molecule has 1 fully saturated rings. The van der Waals surface area contributed by atoms with Gasteiger partial charge in [-0.3, -0.25) is 15.3 Å². The molecular formula is C36H55N5. The Labute approximate surface area is 251 Å². The van der Waals surface area contributed by atoms with Gasteiger partial charge in [-0.1, -0.05) is 83.1 Å². The molecule has 0 amide bonds. The third-order valence-corrected chi connectivity index (χ3v) is 7.23. The first-order valence-corrected chi connectivity index (χ1v) is 15.2. The molecule has 0 saturated heterocycles. The second kappa shape index (κ2) is 21.6. The second-order valence-corrected chi connectivity index (χ2v) is 10.6. The Bertz CT molecular complexity index is 1080. The lowest BCUT2D eigenvalue weighted by atomic mass is 10.0. The van der Waals surface area contributed by atoms with E-state index in [1.807, 2.05) is 13.1 Å². The molecule has 0 unspecified atom stereocenters. The van der Waals surface area contributed by atoms with E-state index in [0.29, 0.717) is 12.6 Å². The fraction of sp³-hybridized carbons (Fsp3) is 0.500. The van der Waals surface area contributed by atoms with E-state index < -0.39 is 0 Å². The molecule has 0 aromatic carbocycles. The minimum Gasteiger partial charge on any atom is -0.369 e. The maximum absolute atomic E-state index is 5.47. The van der Waals surface area contributed by atoms with Crippen LogP contribution in [-0.2, 0) is 0 Å². The van der Waals surface area contributed by atoms with E-state index in [4.69, 9.17) is 6.42 Å². The molecule has 1 rings (SSSR count). The summed E-state index contributed by atoms with van der Waals surface area (Å²) in [5.41, 5.74) is 12.0. The van der Waals surface area contributed by atoms with E-state index >= 15 is 0 Å². The van der Waals surface area contributed by atoms with Crippen molar-refractivity contribution >= 4 is 5.84 Å². The number of aliphatic imine (C=N–C) groups is 1.